The van der Waals surface area contributed by atoms with Gasteiger partial charge in [-0.3, -0.25) is 4.90 Å². The molecule has 0 aromatic carbocycles. The van der Waals surface area contributed by atoms with E-state index >= 15 is 4.39 Å². The standard InChI is InChI=1S/C28H39FN6/c1-3-24(21-6-4-5-7-21)25-17-27(31-18-20(25)2)33-28-26(29)16-23(19-32-28)35-14-12-34(13-15-35)22-8-10-30-11-9-22/h3,16-19,21-22,30H,4-15H2,1-2H3,(H,31,32,33)/b24-3+. The summed E-state index contributed by atoms with van der Waals surface area (Å²) in [6.45, 7) is 10.3. The van der Waals surface area contributed by atoms with E-state index in [1.807, 2.05) is 6.20 Å². The van der Waals surface area contributed by atoms with Crippen LogP contribution in [0.25, 0.3) is 5.57 Å². The highest BCUT2D eigenvalue weighted by molar-refractivity contribution is 5.72. The molecule has 0 bridgehead atoms. The van der Waals surface area contributed by atoms with Gasteiger partial charge in [0.05, 0.1) is 11.9 Å². The number of hydrogen-bond donors (Lipinski definition) is 2. The number of piperidine rings is 1. The van der Waals surface area contributed by atoms with Crippen LogP contribution in [-0.4, -0.2) is 60.2 Å². The topological polar surface area (TPSA) is 56.3 Å². The van der Waals surface area contributed by atoms with Crippen molar-refractivity contribution in [1.29, 1.82) is 0 Å². The van der Waals surface area contributed by atoms with Gasteiger partial charge in [0.25, 0.3) is 0 Å². The Morgan fingerprint density at radius 2 is 1.77 bits per heavy atom. The molecular formula is C28H39FN6. The third-order valence-corrected chi connectivity index (χ3v) is 8.10. The van der Waals surface area contributed by atoms with Gasteiger partial charge in [0, 0.05) is 44.5 Å². The molecule has 4 heterocycles. The second-order valence-electron chi connectivity index (χ2n) is 10.3. The zero-order valence-electron chi connectivity index (χ0n) is 21.2. The van der Waals surface area contributed by atoms with E-state index in [2.05, 4.69) is 56.4 Å². The van der Waals surface area contributed by atoms with E-state index in [0.29, 0.717) is 17.8 Å². The Morgan fingerprint density at radius 3 is 2.46 bits per heavy atom. The van der Waals surface area contributed by atoms with Crippen molar-refractivity contribution in [3.05, 3.63) is 47.5 Å². The lowest BCUT2D eigenvalue weighted by atomic mass is 9.89. The zero-order valence-corrected chi connectivity index (χ0v) is 21.2. The van der Waals surface area contributed by atoms with E-state index in [1.54, 1.807) is 12.3 Å². The van der Waals surface area contributed by atoms with Crippen molar-refractivity contribution >= 4 is 22.9 Å². The Bertz CT molecular complexity index is 1030. The molecule has 188 valence electrons. The molecule has 35 heavy (non-hydrogen) atoms. The van der Waals surface area contributed by atoms with Gasteiger partial charge in [-0.2, -0.15) is 0 Å². The molecule has 7 heteroatoms. The highest BCUT2D eigenvalue weighted by atomic mass is 19.1. The Balaban J connectivity index is 1.25. The Kier molecular flexibility index (Phi) is 7.63. The maximum absolute atomic E-state index is 15.1. The van der Waals surface area contributed by atoms with Crippen LogP contribution in [0.2, 0.25) is 0 Å². The third-order valence-electron chi connectivity index (χ3n) is 8.10. The number of halogens is 1. The van der Waals surface area contributed by atoms with E-state index in [-0.39, 0.29) is 11.6 Å². The Labute approximate surface area is 209 Å². The summed E-state index contributed by atoms with van der Waals surface area (Å²) in [5.74, 6) is 1.14. The lowest BCUT2D eigenvalue weighted by molar-refractivity contribution is 0.153. The third kappa shape index (κ3) is 5.51. The highest BCUT2D eigenvalue weighted by Crippen LogP contribution is 2.38. The first kappa shape index (κ1) is 24.2. The zero-order chi connectivity index (χ0) is 24.2. The van der Waals surface area contributed by atoms with Crippen LogP contribution >= 0.6 is 0 Å². The number of anilines is 3. The number of aryl methyl sites for hydroxylation is 1. The summed E-state index contributed by atoms with van der Waals surface area (Å²) in [7, 11) is 0. The first-order valence-corrected chi connectivity index (χ1v) is 13.4. The summed E-state index contributed by atoms with van der Waals surface area (Å²) in [4.78, 5) is 13.8. The molecule has 0 radical (unpaired) electrons. The van der Waals surface area contributed by atoms with Crippen LogP contribution in [0.5, 0.6) is 0 Å². The molecule has 6 nitrogen and oxygen atoms in total. The predicted octanol–water partition coefficient (Wildman–Crippen LogP) is 5.14. The van der Waals surface area contributed by atoms with Gasteiger partial charge >= 0.3 is 0 Å². The average Bonchev–Trinajstić information content (AvgIpc) is 3.43. The summed E-state index contributed by atoms with van der Waals surface area (Å²) in [5.41, 5.74) is 4.61. The number of nitrogens with one attached hydrogen (secondary N) is 2. The maximum Gasteiger partial charge on any atom is 0.167 e. The SMILES string of the molecule is C/C=C(/c1cc(Nc2ncc(N3CCN(C4CCNCC4)CC3)cc2F)ncc1C)C1CCCC1. The van der Waals surface area contributed by atoms with Crippen LogP contribution in [0.3, 0.4) is 0 Å². The minimum atomic E-state index is -0.339. The summed E-state index contributed by atoms with van der Waals surface area (Å²) in [5, 5.41) is 6.58. The summed E-state index contributed by atoms with van der Waals surface area (Å²) in [6.07, 6.45) is 13.4. The monoisotopic (exact) mass is 478 g/mol. The lowest BCUT2D eigenvalue weighted by Gasteiger charge is -2.41. The van der Waals surface area contributed by atoms with Gasteiger partial charge < -0.3 is 15.5 Å². The molecule has 1 saturated carbocycles. The number of allylic oxidation sites excluding steroid dienone is 2. The van der Waals surface area contributed by atoms with Crippen molar-refractivity contribution in [2.45, 2.75) is 58.4 Å². The van der Waals surface area contributed by atoms with Crippen molar-refractivity contribution in [3.63, 3.8) is 0 Å². The minimum Gasteiger partial charge on any atom is -0.368 e. The molecule has 2 aliphatic heterocycles. The minimum absolute atomic E-state index is 0.229. The predicted molar refractivity (Wildman–Crippen MR) is 142 cm³/mol. The number of pyridine rings is 2. The number of aromatic nitrogens is 2. The number of rotatable bonds is 6. The molecule has 0 amide bonds. The molecule has 3 aliphatic rings. The Hall–Kier alpha value is -2.51. The van der Waals surface area contributed by atoms with E-state index in [1.165, 1.54) is 49.7 Å². The molecule has 0 atom stereocenters. The fourth-order valence-corrected chi connectivity index (χ4v) is 6.08. The van der Waals surface area contributed by atoms with Crippen molar-refractivity contribution in [2.75, 3.05) is 49.5 Å². The van der Waals surface area contributed by atoms with Crippen LogP contribution in [0.15, 0.2) is 30.6 Å². The second kappa shape index (κ2) is 11.0. The summed E-state index contributed by atoms with van der Waals surface area (Å²) >= 11 is 0. The lowest BCUT2D eigenvalue weighted by Crippen LogP contribution is -2.52. The summed E-state index contributed by atoms with van der Waals surface area (Å²) < 4.78 is 15.1. The van der Waals surface area contributed by atoms with E-state index in [4.69, 9.17) is 0 Å². The average molecular weight is 479 g/mol. The molecule has 2 N–H and O–H groups in total. The summed E-state index contributed by atoms with van der Waals surface area (Å²) in [6, 6.07) is 4.35. The van der Waals surface area contributed by atoms with E-state index in [0.717, 1.165) is 50.5 Å². The molecule has 2 aromatic heterocycles. The first-order chi connectivity index (χ1) is 17.1. The van der Waals surface area contributed by atoms with Crippen LogP contribution < -0.4 is 15.5 Å². The largest absolute Gasteiger partial charge is 0.368 e. The van der Waals surface area contributed by atoms with Crippen molar-refractivity contribution < 1.29 is 4.39 Å². The van der Waals surface area contributed by atoms with E-state index in [9.17, 15) is 0 Å². The van der Waals surface area contributed by atoms with Gasteiger partial charge in [0.1, 0.15) is 5.82 Å². The van der Waals surface area contributed by atoms with E-state index < -0.39 is 0 Å². The number of nitrogens with zero attached hydrogens (tertiary/aromatic N) is 4. The fourth-order valence-electron chi connectivity index (χ4n) is 6.08. The van der Waals surface area contributed by atoms with Crippen molar-refractivity contribution in [2.24, 2.45) is 5.92 Å². The molecule has 3 fully saturated rings. The normalized spacial score (nSPS) is 21.0. The van der Waals surface area contributed by atoms with Crippen molar-refractivity contribution in [3.8, 4) is 0 Å². The van der Waals surface area contributed by atoms with Gasteiger partial charge in [-0.15, -0.1) is 0 Å². The van der Waals surface area contributed by atoms with Crippen LogP contribution in [0.1, 0.15) is 56.6 Å². The van der Waals surface area contributed by atoms with Gasteiger partial charge in [0.15, 0.2) is 11.6 Å². The molecule has 2 aromatic rings. The molecule has 0 spiro atoms. The molecule has 0 unspecified atom stereocenters. The number of piperazine rings is 1. The van der Waals surface area contributed by atoms with Crippen LogP contribution in [-0.2, 0) is 0 Å². The molecular weight excluding hydrogens is 439 g/mol. The van der Waals surface area contributed by atoms with Gasteiger partial charge in [-0.05, 0) is 81.3 Å². The quantitative estimate of drug-likeness (QED) is 0.600. The fraction of sp³-hybridized carbons (Fsp3) is 0.571. The first-order valence-electron chi connectivity index (χ1n) is 13.4. The second-order valence-corrected chi connectivity index (χ2v) is 10.3. The number of hydrogen-bond acceptors (Lipinski definition) is 6. The van der Waals surface area contributed by atoms with Crippen LogP contribution in [0.4, 0.5) is 21.7 Å². The molecule has 5 rings (SSSR count). The maximum atomic E-state index is 15.1. The van der Waals surface area contributed by atoms with Crippen LogP contribution in [0, 0.1) is 18.7 Å². The Morgan fingerprint density at radius 1 is 1.03 bits per heavy atom. The highest BCUT2D eigenvalue weighted by Gasteiger charge is 2.26. The van der Waals surface area contributed by atoms with Crippen molar-refractivity contribution in [1.82, 2.24) is 20.2 Å². The van der Waals surface area contributed by atoms with Gasteiger partial charge in [-0.1, -0.05) is 18.9 Å². The smallest absolute Gasteiger partial charge is 0.167 e. The molecule has 2 saturated heterocycles. The molecule has 1 aliphatic carbocycles. The van der Waals surface area contributed by atoms with Gasteiger partial charge in [-0.25, -0.2) is 14.4 Å². The van der Waals surface area contributed by atoms with Gasteiger partial charge in [0.2, 0.25) is 0 Å².